The molecule has 8 aromatic rings. The molecule has 32 heteroatoms. The zero-order valence-electron chi connectivity index (χ0n) is 81.8. The van der Waals surface area contributed by atoms with Gasteiger partial charge in [0.1, 0.15) is 75.4 Å². The number of allylic oxidation sites excluding steroid dienone is 4. The summed E-state index contributed by atoms with van der Waals surface area (Å²) in [6.07, 6.45) is 1.44. The lowest BCUT2D eigenvalue weighted by Crippen LogP contribution is -2.17. The number of benzene rings is 4. The van der Waals surface area contributed by atoms with Gasteiger partial charge in [-0.1, -0.05) is 280 Å². The highest BCUT2D eigenvalue weighted by molar-refractivity contribution is 6.34. The Bertz CT molecular complexity index is 5510. The standard InChI is InChI=1S/C26H34ClN3O4.3C25H32ClN3O4/c1-7-9-10-15-32-25(31)34-17-33-24(23-22(27)18(3)29-30(23)8-2)21(16-28)19-11-13-20(14-12-19)26(4,5)6;1-8-29-22(21(26)17(4)28-29)23(32-15-33-24(30)31-14-16(2)3)20(13-27)18-9-11-19(12-10-18)25(5,6)7;1-8-16(3)33-24(30)32-15-31-23(22-21(26)17(4)28-29(22)9-2)20(14-27)18-10-12-19(13-11-18)25(5,6)7;1-7-9-14-31-24(30)33-16-32-23(22-21(26)17(3)28-29(22)8-2)20(15-27)18-10-12-19(13-11-18)25(4,5)6/h11-14H,7-10,15,17H2,1-6H3;9-12,16H,8,14-15H2,1-7H3;10-13,16H,8-9,15H2,1-7H3;10-13H,7-9,14,16H2,1-6H3/b24-21-;3*23-20-. The number of aromatic nitrogens is 8. The highest BCUT2D eigenvalue weighted by Crippen LogP contribution is 2.41. The molecule has 0 saturated carbocycles. The maximum Gasteiger partial charge on any atom is 0.511 e. The fraction of sp³-hybridized carbons (Fsp3) is 0.485. The van der Waals surface area contributed by atoms with Crippen molar-refractivity contribution in [2.75, 3.05) is 47.0 Å². The highest BCUT2D eigenvalue weighted by atomic mass is 35.5. The van der Waals surface area contributed by atoms with Gasteiger partial charge in [0.2, 0.25) is 27.2 Å². The first-order chi connectivity index (χ1) is 62.8. The Hall–Kier alpha value is -11.9. The molecule has 1 atom stereocenters. The van der Waals surface area contributed by atoms with Crippen LogP contribution < -0.4 is 0 Å². The molecule has 0 fully saturated rings. The third-order valence-corrected chi connectivity index (χ3v) is 22.2. The quantitative estimate of drug-likeness (QED) is 0.00889. The van der Waals surface area contributed by atoms with Crippen molar-refractivity contribution in [1.82, 2.24) is 39.1 Å². The van der Waals surface area contributed by atoms with Crippen LogP contribution in [0.15, 0.2) is 97.1 Å². The van der Waals surface area contributed by atoms with Crippen LogP contribution in [0.2, 0.25) is 20.1 Å². The van der Waals surface area contributed by atoms with Crippen LogP contribution in [0.5, 0.6) is 0 Å². The van der Waals surface area contributed by atoms with Crippen molar-refractivity contribution >= 4 is 116 Å². The van der Waals surface area contributed by atoms with E-state index < -0.39 is 51.8 Å². The maximum atomic E-state index is 11.9. The molecule has 8 rings (SSSR count). The van der Waals surface area contributed by atoms with Gasteiger partial charge in [0.25, 0.3) is 0 Å². The summed E-state index contributed by atoms with van der Waals surface area (Å²) >= 11 is 26.2. The number of rotatable bonds is 35. The van der Waals surface area contributed by atoms with Gasteiger partial charge in [0.15, 0.2) is 23.0 Å². The number of unbranched alkanes of at least 4 members (excludes halogenated alkanes) is 3. The van der Waals surface area contributed by atoms with Gasteiger partial charge in [0, 0.05) is 26.2 Å². The molecular formula is C101H130Cl4N12O16. The Morgan fingerprint density at radius 1 is 0.338 bits per heavy atom. The minimum absolute atomic E-state index is 0.0262. The molecule has 4 aromatic carbocycles. The number of carbonyl (C=O) groups is 4. The van der Waals surface area contributed by atoms with Crippen LogP contribution in [-0.4, -0.2) is 117 Å². The van der Waals surface area contributed by atoms with Gasteiger partial charge >= 0.3 is 24.6 Å². The van der Waals surface area contributed by atoms with E-state index in [1.807, 2.05) is 152 Å². The molecule has 0 aliphatic heterocycles. The first-order valence-corrected chi connectivity index (χ1v) is 46.0. The number of nitriles is 4. The summed E-state index contributed by atoms with van der Waals surface area (Å²) in [4.78, 5) is 47.5. The van der Waals surface area contributed by atoms with E-state index in [2.05, 4.69) is 135 Å². The fourth-order valence-corrected chi connectivity index (χ4v) is 13.5. The molecule has 0 N–H and O–H groups in total. The number of halogens is 4. The van der Waals surface area contributed by atoms with E-state index in [4.69, 9.17) is 103 Å². The highest BCUT2D eigenvalue weighted by Gasteiger charge is 2.31. The first kappa shape index (κ1) is 112. The van der Waals surface area contributed by atoms with Crippen molar-refractivity contribution in [1.29, 1.82) is 21.0 Å². The molecule has 28 nitrogen and oxygen atoms in total. The van der Waals surface area contributed by atoms with E-state index >= 15 is 0 Å². The van der Waals surface area contributed by atoms with Crippen molar-refractivity contribution < 1.29 is 76.0 Å². The number of ether oxygens (including phenoxy) is 12. The molecule has 0 radical (unpaired) electrons. The van der Waals surface area contributed by atoms with Gasteiger partial charge in [-0.2, -0.15) is 41.4 Å². The van der Waals surface area contributed by atoms with E-state index in [-0.39, 0.29) is 98.8 Å². The number of hydrogen-bond acceptors (Lipinski definition) is 24. The van der Waals surface area contributed by atoms with E-state index in [0.717, 1.165) is 54.4 Å². The normalized spacial score (nSPS) is 12.4. The number of hydrogen-bond donors (Lipinski definition) is 0. The van der Waals surface area contributed by atoms with Crippen LogP contribution in [0, 0.1) is 78.9 Å². The Morgan fingerprint density at radius 2 is 0.571 bits per heavy atom. The molecular weight excluding hydrogens is 1780 g/mol. The second kappa shape index (κ2) is 53.1. The Morgan fingerprint density at radius 3 is 0.782 bits per heavy atom. The van der Waals surface area contributed by atoms with Gasteiger partial charge < -0.3 is 56.8 Å². The van der Waals surface area contributed by atoms with Gasteiger partial charge in [-0.25, -0.2) is 19.2 Å². The largest absolute Gasteiger partial charge is 0.511 e. The Kier molecular flexibility index (Phi) is 44.5. The fourth-order valence-electron chi connectivity index (χ4n) is 12.6. The summed E-state index contributed by atoms with van der Waals surface area (Å²) in [7, 11) is 0. The number of nitrogens with zero attached hydrogens (tertiary/aromatic N) is 12. The monoisotopic (exact) mass is 1910 g/mol. The molecule has 4 heterocycles. The third kappa shape index (κ3) is 32.8. The van der Waals surface area contributed by atoms with Crippen LogP contribution in [0.3, 0.4) is 0 Å². The second-order valence-electron chi connectivity index (χ2n) is 35.3. The summed E-state index contributed by atoms with van der Waals surface area (Å²) in [5, 5.41) is 59.5. The van der Waals surface area contributed by atoms with Crippen molar-refractivity contribution in [3.8, 4) is 24.3 Å². The third-order valence-electron chi connectivity index (χ3n) is 20.4. The van der Waals surface area contributed by atoms with Gasteiger partial charge in [-0.3, -0.25) is 18.7 Å². The van der Waals surface area contributed by atoms with Crippen LogP contribution in [0.25, 0.3) is 45.3 Å². The number of carbonyl (C=O) groups excluding carboxylic acids is 4. The zero-order valence-corrected chi connectivity index (χ0v) is 84.8. The minimum Gasteiger partial charge on any atom is -0.453 e. The average molecular weight is 1910 g/mol. The summed E-state index contributed by atoms with van der Waals surface area (Å²) in [5.74, 6) is 0.929. The SMILES string of the molecule is CCC(C)OC(=O)OCO/C(=C(/C#N)c1ccc(C(C)(C)C)cc1)c1c(Cl)c(C)nn1CC.CCCCCOC(=O)OCO/C(=C(/C#N)c1ccc(C(C)(C)C)cc1)c1c(Cl)c(C)nn1CC.CCCCOC(=O)OCO/C(=C(/C#N)c1ccc(C(C)(C)C)cc1)c1c(Cl)c(C)nn1CC.CCn1nc(C)c(Cl)c1/C(OCOC(=O)OCC(C)C)=C(\C#N)c1ccc(C(C)(C)C)cc1. The maximum absolute atomic E-state index is 11.9. The molecule has 133 heavy (non-hydrogen) atoms. The van der Waals surface area contributed by atoms with Crippen molar-refractivity contribution in [2.24, 2.45) is 5.92 Å². The molecule has 4 aromatic heterocycles. The lowest BCUT2D eigenvalue weighted by Gasteiger charge is -2.19. The van der Waals surface area contributed by atoms with E-state index in [9.17, 15) is 40.2 Å². The summed E-state index contributed by atoms with van der Waals surface area (Å²) in [6, 6.07) is 39.7. The van der Waals surface area contributed by atoms with E-state index in [0.29, 0.717) is 120 Å². The molecule has 1 unspecified atom stereocenters. The summed E-state index contributed by atoms with van der Waals surface area (Å²) < 4.78 is 70.5. The lowest BCUT2D eigenvalue weighted by molar-refractivity contribution is -0.0208. The van der Waals surface area contributed by atoms with Crippen molar-refractivity contribution in [2.45, 2.75) is 272 Å². The Balaban J connectivity index is 0.000000314. The Labute approximate surface area is 804 Å². The van der Waals surface area contributed by atoms with Crippen LogP contribution in [0.4, 0.5) is 19.2 Å². The molecule has 0 saturated heterocycles. The van der Waals surface area contributed by atoms with E-state index in [1.165, 1.54) is 0 Å². The smallest absolute Gasteiger partial charge is 0.453 e. The average Bonchev–Trinajstić information content (AvgIpc) is 1.66. The predicted molar refractivity (Wildman–Crippen MR) is 519 cm³/mol. The van der Waals surface area contributed by atoms with Crippen molar-refractivity contribution in [3.63, 3.8) is 0 Å². The second-order valence-corrected chi connectivity index (χ2v) is 36.8. The molecule has 0 amide bonds. The predicted octanol–water partition coefficient (Wildman–Crippen LogP) is 26.2. The van der Waals surface area contributed by atoms with Crippen molar-refractivity contribution in [3.05, 3.63) is 207 Å². The molecule has 0 aliphatic carbocycles. The van der Waals surface area contributed by atoms with Gasteiger partial charge in [-0.05, 0) is 154 Å². The molecule has 0 spiro atoms. The molecule has 0 bridgehead atoms. The van der Waals surface area contributed by atoms with Crippen LogP contribution in [0.1, 0.15) is 281 Å². The molecule has 0 aliphatic rings. The van der Waals surface area contributed by atoms with Gasteiger partial charge in [-0.15, -0.1) is 0 Å². The first-order valence-electron chi connectivity index (χ1n) is 44.5. The molecule has 718 valence electrons. The topological polar surface area (TPSA) is 345 Å². The zero-order chi connectivity index (χ0) is 99.4. The van der Waals surface area contributed by atoms with Crippen LogP contribution >= 0.6 is 46.4 Å². The van der Waals surface area contributed by atoms with E-state index in [1.54, 1.807) is 53.3 Å². The van der Waals surface area contributed by atoms with Crippen LogP contribution in [-0.2, 0) is 105 Å². The number of aryl methyl sites for hydroxylation is 8. The minimum atomic E-state index is -0.845. The van der Waals surface area contributed by atoms with Gasteiger partial charge in [0.05, 0.1) is 62.7 Å². The summed E-state index contributed by atoms with van der Waals surface area (Å²) in [5.41, 5.74) is 12.3. The lowest BCUT2D eigenvalue weighted by atomic mass is 9.86. The summed E-state index contributed by atoms with van der Waals surface area (Å²) in [6.45, 7) is 52.9.